The van der Waals surface area contributed by atoms with E-state index in [1.165, 1.54) is 4.31 Å². The SMILES string of the molecule is Cc1ncc(CN(C)C(=O)Nc2ccc(N3CCCS3(=O)=O)cc2)s1. The summed E-state index contributed by atoms with van der Waals surface area (Å²) >= 11 is 1.56. The molecule has 2 aromatic rings. The fourth-order valence-corrected chi connectivity index (χ4v) is 5.06. The number of anilines is 2. The maximum atomic E-state index is 12.3. The van der Waals surface area contributed by atoms with Crippen molar-refractivity contribution in [3.63, 3.8) is 0 Å². The van der Waals surface area contributed by atoms with E-state index in [0.29, 0.717) is 30.9 Å². The molecule has 0 bridgehead atoms. The zero-order valence-electron chi connectivity index (χ0n) is 14.1. The van der Waals surface area contributed by atoms with Gasteiger partial charge in [0.05, 0.1) is 23.0 Å². The van der Waals surface area contributed by atoms with Crippen molar-refractivity contribution in [2.24, 2.45) is 0 Å². The molecule has 1 aromatic carbocycles. The molecule has 0 atom stereocenters. The van der Waals surface area contributed by atoms with Crippen molar-refractivity contribution in [1.82, 2.24) is 9.88 Å². The molecule has 1 N–H and O–H groups in total. The average Bonchev–Trinajstić information content (AvgIpc) is 3.13. The predicted molar refractivity (Wildman–Crippen MR) is 99.5 cm³/mol. The standard InChI is InChI=1S/C16H20N4O3S2/c1-12-17-10-15(24-12)11-19(2)16(21)18-13-4-6-14(7-5-13)20-8-3-9-25(20,22)23/h4-7,10H,3,8-9,11H2,1-2H3,(H,18,21). The molecule has 0 aliphatic carbocycles. The number of aromatic nitrogens is 1. The average molecular weight is 380 g/mol. The van der Waals surface area contributed by atoms with Crippen LogP contribution in [0.4, 0.5) is 16.2 Å². The largest absolute Gasteiger partial charge is 0.322 e. The minimum Gasteiger partial charge on any atom is -0.322 e. The molecule has 134 valence electrons. The normalized spacial score (nSPS) is 16.0. The van der Waals surface area contributed by atoms with Gasteiger partial charge in [-0.1, -0.05) is 0 Å². The number of thiazole rings is 1. The Labute approximate surface area is 151 Å². The van der Waals surface area contributed by atoms with E-state index in [2.05, 4.69) is 10.3 Å². The highest BCUT2D eigenvalue weighted by molar-refractivity contribution is 7.93. The second-order valence-corrected chi connectivity index (χ2v) is 9.25. The van der Waals surface area contributed by atoms with Crippen molar-refractivity contribution in [2.45, 2.75) is 19.9 Å². The molecular weight excluding hydrogens is 360 g/mol. The van der Waals surface area contributed by atoms with Gasteiger partial charge >= 0.3 is 6.03 Å². The number of amides is 2. The van der Waals surface area contributed by atoms with Crippen LogP contribution >= 0.6 is 11.3 Å². The summed E-state index contributed by atoms with van der Waals surface area (Å²) in [6.07, 6.45) is 2.41. The van der Waals surface area contributed by atoms with E-state index in [-0.39, 0.29) is 11.8 Å². The minimum atomic E-state index is -3.19. The van der Waals surface area contributed by atoms with Crippen LogP contribution in [0, 0.1) is 6.92 Å². The first-order valence-electron chi connectivity index (χ1n) is 7.89. The van der Waals surface area contributed by atoms with Gasteiger partial charge in [-0.3, -0.25) is 4.31 Å². The van der Waals surface area contributed by atoms with Gasteiger partial charge in [0.1, 0.15) is 0 Å². The van der Waals surface area contributed by atoms with Crippen LogP contribution in [-0.2, 0) is 16.6 Å². The molecule has 1 aliphatic heterocycles. The zero-order valence-corrected chi connectivity index (χ0v) is 15.7. The first-order valence-corrected chi connectivity index (χ1v) is 10.3. The van der Waals surface area contributed by atoms with Crippen LogP contribution in [0.25, 0.3) is 0 Å². The lowest BCUT2D eigenvalue weighted by molar-refractivity contribution is 0.221. The van der Waals surface area contributed by atoms with Gasteiger partial charge in [-0.25, -0.2) is 18.2 Å². The Bertz CT molecular complexity index is 862. The molecule has 1 fully saturated rings. The van der Waals surface area contributed by atoms with E-state index in [4.69, 9.17) is 0 Å². The molecule has 9 heteroatoms. The van der Waals surface area contributed by atoms with Crippen LogP contribution in [0.1, 0.15) is 16.3 Å². The van der Waals surface area contributed by atoms with Crippen molar-refractivity contribution in [1.29, 1.82) is 0 Å². The van der Waals surface area contributed by atoms with E-state index in [9.17, 15) is 13.2 Å². The van der Waals surface area contributed by atoms with Crippen LogP contribution in [0.2, 0.25) is 0 Å². The number of hydrogen-bond donors (Lipinski definition) is 1. The highest BCUT2D eigenvalue weighted by atomic mass is 32.2. The molecule has 7 nitrogen and oxygen atoms in total. The topological polar surface area (TPSA) is 82.6 Å². The number of benzene rings is 1. The number of carbonyl (C=O) groups is 1. The molecule has 1 aromatic heterocycles. The second-order valence-electron chi connectivity index (χ2n) is 5.92. The highest BCUT2D eigenvalue weighted by Gasteiger charge is 2.28. The summed E-state index contributed by atoms with van der Waals surface area (Å²) in [6.45, 7) is 2.92. The Hall–Kier alpha value is -2.13. The summed E-state index contributed by atoms with van der Waals surface area (Å²) in [7, 11) is -1.47. The quantitative estimate of drug-likeness (QED) is 0.884. The van der Waals surface area contributed by atoms with Gasteiger partial charge in [-0.05, 0) is 37.6 Å². The lowest BCUT2D eigenvalue weighted by Crippen LogP contribution is -2.30. The Balaban J connectivity index is 1.62. The third-order valence-electron chi connectivity index (χ3n) is 3.91. The maximum absolute atomic E-state index is 12.3. The van der Waals surface area contributed by atoms with E-state index in [1.807, 2.05) is 6.92 Å². The zero-order chi connectivity index (χ0) is 18.0. The van der Waals surface area contributed by atoms with Crippen molar-refractivity contribution in [2.75, 3.05) is 29.0 Å². The van der Waals surface area contributed by atoms with Gasteiger partial charge in [-0.15, -0.1) is 11.3 Å². The number of aryl methyl sites for hydroxylation is 1. The first-order chi connectivity index (χ1) is 11.8. The number of rotatable bonds is 4. The Kier molecular flexibility index (Phi) is 4.96. The summed E-state index contributed by atoms with van der Waals surface area (Å²) in [6, 6.07) is 6.63. The summed E-state index contributed by atoms with van der Waals surface area (Å²) in [4.78, 5) is 19.0. The van der Waals surface area contributed by atoms with Crippen LogP contribution in [0.3, 0.4) is 0 Å². The molecule has 0 unspecified atom stereocenters. The second kappa shape index (κ2) is 7.01. The van der Waals surface area contributed by atoms with Crippen molar-refractivity contribution in [3.05, 3.63) is 40.3 Å². The van der Waals surface area contributed by atoms with Crippen molar-refractivity contribution < 1.29 is 13.2 Å². The van der Waals surface area contributed by atoms with Crippen LogP contribution in [0.15, 0.2) is 30.5 Å². The third kappa shape index (κ3) is 4.10. The van der Waals surface area contributed by atoms with Crippen LogP contribution < -0.4 is 9.62 Å². The number of nitrogens with one attached hydrogen (secondary N) is 1. The fraction of sp³-hybridized carbons (Fsp3) is 0.375. The first kappa shape index (κ1) is 17.7. The highest BCUT2D eigenvalue weighted by Crippen LogP contribution is 2.25. The van der Waals surface area contributed by atoms with Gasteiger partial charge in [-0.2, -0.15) is 0 Å². The Morgan fingerprint density at radius 3 is 2.64 bits per heavy atom. The summed E-state index contributed by atoms with van der Waals surface area (Å²) in [5.41, 5.74) is 1.25. The lowest BCUT2D eigenvalue weighted by atomic mass is 10.2. The summed E-state index contributed by atoms with van der Waals surface area (Å²) < 4.78 is 25.3. The third-order valence-corrected chi connectivity index (χ3v) is 6.68. The summed E-state index contributed by atoms with van der Waals surface area (Å²) in [5, 5.41) is 3.78. The van der Waals surface area contributed by atoms with Gasteiger partial charge < -0.3 is 10.2 Å². The Morgan fingerprint density at radius 1 is 1.36 bits per heavy atom. The maximum Gasteiger partial charge on any atom is 0.321 e. The van der Waals surface area contributed by atoms with Crippen LogP contribution in [0.5, 0.6) is 0 Å². The van der Waals surface area contributed by atoms with Gasteiger partial charge in [0.15, 0.2) is 0 Å². The van der Waals surface area contributed by atoms with Crippen LogP contribution in [-0.4, -0.2) is 43.7 Å². The molecule has 2 heterocycles. The van der Waals surface area contributed by atoms with E-state index >= 15 is 0 Å². The molecule has 3 rings (SSSR count). The molecule has 25 heavy (non-hydrogen) atoms. The predicted octanol–water partition coefficient (Wildman–Crippen LogP) is 2.66. The van der Waals surface area contributed by atoms with Gasteiger partial charge in [0, 0.05) is 30.4 Å². The van der Waals surface area contributed by atoms with E-state index in [0.717, 1.165) is 9.88 Å². The molecule has 0 radical (unpaired) electrons. The minimum absolute atomic E-state index is 0.188. The smallest absolute Gasteiger partial charge is 0.321 e. The lowest BCUT2D eigenvalue weighted by Gasteiger charge is -2.19. The van der Waals surface area contributed by atoms with Crippen molar-refractivity contribution >= 4 is 38.8 Å². The fourth-order valence-electron chi connectivity index (χ4n) is 2.64. The molecule has 2 amide bonds. The molecule has 0 spiro atoms. The van der Waals surface area contributed by atoms with E-state index in [1.54, 1.807) is 53.7 Å². The number of urea groups is 1. The number of hydrogen-bond acceptors (Lipinski definition) is 5. The number of nitrogens with zero attached hydrogens (tertiary/aromatic N) is 3. The molecular formula is C16H20N4O3S2. The van der Waals surface area contributed by atoms with E-state index < -0.39 is 10.0 Å². The van der Waals surface area contributed by atoms with Gasteiger partial charge in [0.25, 0.3) is 0 Å². The Morgan fingerprint density at radius 2 is 2.08 bits per heavy atom. The molecule has 0 saturated carbocycles. The van der Waals surface area contributed by atoms with Crippen molar-refractivity contribution in [3.8, 4) is 0 Å². The van der Waals surface area contributed by atoms with Gasteiger partial charge in [0.2, 0.25) is 10.0 Å². The number of sulfonamides is 1. The summed E-state index contributed by atoms with van der Waals surface area (Å²) in [5.74, 6) is 0.188. The molecule has 1 saturated heterocycles. The monoisotopic (exact) mass is 380 g/mol. The molecule has 1 aliphatic rings. The number of carbonyl (C=O) groups excluding carboxylic acids is 1.